The van der Waals surface area contributed by atoms with Gasteiger partial charge in [-0.3, -0.25) is 4.79 Å². The lowest BCUT2D eigenvalue weighted by Crippen LogP contribution is -2.28. The van der Waals surface area contributed by atoms with E-state index in [9.17, 15) is 9.59 Å². The number of amides is 1. The summed E-state index contributed by atoms with van der Waals surface area (Å²) in [5.74, 6) is 0.797. The zero-order chi connectivity index (χ0) is 14.8. The van der Waals surface area contributed by atoms with Gasteiger partial charge in [-0.1, -0.05) is 25.0 Å². The van der Waals surface area contributed by atoms with Gasteiger partial charge in [-0.05, 0) is 48.8 Å². The zero-order valence-electron chi connectivity index (χ0n) is 12.0. The van der Waals surface area contributed by atoms with Crippen LogP contribution in [-0.4, -0.2) is 23.5 Å². The fourth-order valence-corrected chi connectivity index (χ4v) is 3.69. The molecule has 21 heavy (non-hydrogen) atoms. The second-order valence-electron chi connectivity index (χ2n) is 6.18. The summed E-state index contributed by atoms with van der Waals surface area (Å²) in [6.45, 7) is 0.581. The van der Waals surface area contributed by atoms with E-state index in [0.29, 0.717) is 30.4 Å². The average Bonchev–Trinajstić information content (AvgIpc) is 3.22. The van der Waals surface area contributed by atoms with Gasteiger partial charge in [0.05, 0.1) is 5.56 Å². The van der Waals surface area contributed by atoms with Gasteiger partial charge in [-0.2, -0.15) is 0 Å². The molecule has 3 rings (SSSR count). The topological polar surface area (TPSA) is 66.4 Å². The minimum atomic E-state index is -0.914. The van der Waals surface area contributed by atoms with Crippen molar-refractivity contribution in [2.24, 2.45) is 17.8 Å². The van der Waals surface area contributed by atoms with E-state index >= 15 is 0 Å². The lowest BCUT2D eigenvalue weighted by atomic mass is 10.0. The van der Waals surface area contributed by atoms with Crippen LogP contribution < -0.4 is 5.32 Å². The van der Waals surface area contributed by atoms with Gasteiger partial charge in [0.15, 0.2) is 0 Å². The lowest BCUT2D eigenvalue weighted by molar-refractivity contribution is -0.122. The monoisotopic (exact) mass is 287 g/mol. The van der Waals surface area contributed by atoms with Gasteiger partial charge < -0.3 is 10.4 Å². The summed E-state index contributed by atoms with van der Waals surface area (Å²) in [5.41, 5.74) is 1.25. The zero-order valence-corrected chi connectivity index (χ0v) is 12.0. The smallest absolute Gasteiger partial charge is 0.335 e. The molecule has 1 amide bonds. The van der Waals surface area contributed by atoms with Gasteiger partial charge in [-0.25, -0.2) is 4.79 Å². The highest BCUT2D eigenvalue weighted by Gasteiger charge is 2.54. The van der Waals surface area contributed by atoms with Gasteiger partial charge in [-0.15, -0.1) is 0 Å². The Hall–Kier alpha value is -1.84. The van der Waals surface area contributed by atoms with E-state index in [-0.39, 0.29) is 11.8 Å². The van der Waals surface area contributed by atoms with Crippen molar-refractivity contribution >= 4 is 11.9 Å². The first kappa shape index (κ1) is 14.1. The molecule has 2 saturated carbocycles. The molecule has 0 aliphatic heterocycles. The molecule has 2 fully saturated rings. The van der Waals surface area contributed by atoms with Gasteiger partial charge >= 0.3 is 5.97 Å². The number of carbonyl (C=O) groups excluding carboxylic acids is 1. The van der Waals surface area contributed by atoms with Crippen molar-refractivity contribution < 1.29 is 14.7 Å². The van der Waals surface area contributed by atoms with Crippen LogP contribution in [0.15, 0.2) is 24.3 Å². The van der Waals surface area contributed by atoms with Crippen LogP contribution in [0.25, 0.3) is 0 Å². The number of benzene rings is 1. The fourth-order valence-electron chi connectivity index (χ4n) is 3.69. The number of carboxylic acid groups (broad SMARTS) is 1. The second-order valence-corrected chi connectivity index (χ2v) is 6.18. The van der Waals surface area contributed by atoms with Gasteiger partial charge in [0.1, 0.15) is 0 Å². The number of aromatic carboxylic acids is 1. The minimum Gasteiger partial charge on any atom is -0.478 e. The van der Waals surface area contributed by atoms with Crippen LogP contribution in [0.3, 0.4) is 0 Å². The summed E-state index contributed by atoms with van der Waals surface area (Å²) >= 11 is 0. The molecule has 4 heteroatoms. The number of nitrogens with one attached hydrogen (secondary N) is 1. The third kappa shape index (κ3) is 3.09. The molecule has 0 bridgehead atoms. The van der Waals surface area contributed by atoms with Gasteiger partial charge in [0, 0.05) is 12.5 Å². The minimum absolute atomic E-state index is 0.196. The molecule has 2 unspecified atom stereocenters. The third-order valence-corrected chi connectivity index (χ3v) is 4.85. The highest BCUT2D eigenvalue weighted by atomic mass is 16.4. The van der Waals surface area contributed by atoms with E-state index in [0.717, 1.165) is 5.56 Å². The maximum absolute atomic E-state index is 12.1. The number of rotatable bonds is 5. The Kier molecular flexibility index (Phi) is 3.95. The Morgan fingerprint density at radius 2 is 1.90 bits per heavy atom. The second kappa shape index (κ2) is 5.88. The quantitative estimate of drug-likeness (QED) is 0.874. The SMILES string of the molecule is O=C(O)c1cccc(CCNC(=O)C2C3CCCCC32)c1. The Balaban J connectivity index is 1.47. The Morgan fingerprint density at radius 3 is 2.57 bits per heavy atom. The van der Waals surface area contributed by atoms with Crippen molar-refractivity contribution in [2.45, 2.75) is 32.1 Å². The number of hydrogen-bond donors (Lipinski definition) is 2. The number of carboxylic acids is 1. The highest BCUT2D eigenvalue weighted by Crippen LogP contribution is 2.55. The molecular weight excluding hydrogens is 266 g/mol. The summed E-state index contributed by atoms with van der Waals surface area (Å²) in [7, 11) is 0. The van der Waals surface area contributed by atoms with Crippen LogP contribution in [0, 0.1) is 17.8 Å². The lowest BCUT2D eigenvalue weighted by Gasteiger charge is -2.06. The number of fused-ring (bicyclic) bond motifs is 1. The molecule has 1 aromatic carbocycles. The van der Waals surface area contributed by atoms with Crippen molar-refractivity contribution in [2.75, 3.05) is 6.54 Å². The third-order valence-electron chi connectivity index (χ3n) is 4.85. The van der Waals surface area contributed by atoms with Crippen molar-refractivity contribution in [1.82, 2.24) is 5.32 Å². The average molecular weight is 287 g/mol. The molecule has 4 nitrogen and oxygen atoms in total. The van der Waals surface area contributed by atoms with Crippen LogP contribution >= 0.6 is 0 Å². The highest BCUT2D eigenvalue weighted by molar-refractivity contribution is 5.87. The van der Waals surface area contributed by atoms with E-state index in [1.54, 1.807) is 18.2 Å². The van der Waals surface area contributed by atoms with E-state index in [1.807, 2.05) is 6.07 Å². The van der Waals surface area contributed by atoms with Crippen molar-refractivity contribution in [3.63, 3.8) is 0 Å². The molecule has 0 saturated heterocycles. The van der Waals surface area contributed by atoms with E-state index in [2.05, 4.69) is 5.32 Å². The summed E-state index contributed by atoms with van der Waals surface area (Å²) in [5, 5.41) is 12.0. The largest absolute Gasteiger partial charge is 0.478 e. The molecule has 2 aliphatic rings. The van der Waals surface area contributed by atoms with Crippen LogP contribution in [0.2, 0.25) is 0 Å². The van der Waals surface area contributed by atoms with E-state index in [1.165, 1.54) is 25.7 Å². The summed E-state index contributed by atoms with van der Waals surface area (Å²) in [4.78, 5) is 23.0. The summed E-state index contributed by atoms with van der Waals surface area (Å²) in [6, 6.07) is 6.90. The Morgan fingerprint density at radius 1 is 1.19 bits per heavy atom. The normalized spacial score (nSPS) is 26.8. The van der Waals surface area contributed by atoms with E-state index in [4.69, 9.17) is 5.11 Å². The number of hydrogen-bond acceptors (Lipinski definition) is 2. The van der Waals surface area contributed by atoms with Crippen LogP contribution in [-0.2, 0) is 11.2 Å². The van der Waals surface area contributed by atoms with Crippen LogP contribution in [0.4, 0.5) is 0 Å². The molecule has 0 aromatic heterocycles. The number of carbonyl (C=O) groups is 2. The van der Waals surface area contributed by atoms with E-state index < -0.39 is 5.97 Å². The molecule has 0 heterocycles. The predicted octanol–water partition coefficient (Wildman–Crippen LogP) is 2.48. The maximum atomic E-state index is 12.1. The first-order valence-electron chi connectivity index (χ1n) is 7.77. The molecule has 2 atom stereocenters. The molecule has 2 N–H and O–H groups in total. The first-order valence-corrected chi connectivity index (χ1v) is 7.77. The maximum Gasteiger partial charge on any atom is 0.335 e. The summed E-state index contributed by atoms with van der Waals surface area (Å²) < 4.78 is 0. The van der Waals surface area contributed by atoms with Crippen LogP contribution in [0.5, 0.6) is 0 Å². The standard InChI is InChI=1S/C17H21NO3/c19-16(15-13-6-1-2-7-14(13)15)18-9-8-11-4-3-5-12(10-11)17(20)21/h3-5,10,13-15H,1-2,6-9H2,(H,18,19)(H,20,21). The molecular formula is C17H21NO3. The molecule has 112 valence electrons. The molecule has 1 aromatic rings. The predicted molar refractivity (Wildman–Crippen MR) is 79.1 cm³/mol. The van der Waals surface area contributed by atoms with Crippen molar-refractivity contribution in [3.05, 3.63) is 35.4 Å². The molecule has 2 aliphatic carbocycles. The van der Waals surface area contributed by atoms with Gasteiger partial charge in [0.25, 0.3) is 0 Å². The molecule has 0 spiro atoms. The van der Waals surface area contributed by atoms with Crippen LogP contribution in [0.1, 0.15) is 41.6 Å². The Labute approximate surface area is 124 Å². The van der Waals surface area contributed by atoms with Crippen molar-refractivity contribution in [1.29, 1.82) is 0 Å². The van der Waals surface area contributed by atoms with Crippen molar-refractivity contribution in [3.8, 4) is 0 Å². The fraction of sp³-hybridized carbons (Fsp3) is 0.529. The summed E-state index contributed by atoms with van der Waals surface area (Å²) in [6.07, 6.45) is 5.64. The first-order chi connectivity index (χ1) is 10.2. The Bertz CT molecular complexity index is 543. The van der Waals surface area contributed by atoms with Gasteiger partial charge in [0.2, 0.25) is 5.91 Å². The molecule has 0 radical (unpaired) electrons.